The Bertz CT molecular complexity index is 2800. The van der Waals surface area contributed by atoms with Crippen LogP contribution in [0.5, 0.6) is 23.0 Å². The lowest BCUT2D eigenvalue weighted by atomic mass is 10.1. The third-order valence-electron chi connectivity index (χ3n) is 9.10. The third-order valence-corrected chi connectivity index (χ3v) is 9.10. The van der Waals surface area contributed by atoms with E-state index in [1.165, 1.54) is 0 Å². The molecule has 0 aliphatic heterocycles. The van der Waals surface area contributed by atoms with Crippen molar-refractivity contribution in [1.82, 2.24) is 34.5 Å². The Balaban J connectivity index is 1.00. The van der Waals surface area contributed by atoms with Crippen molar-refractivity contribution in [2.24, 2.45) is 0 Å². The van der Waals surface area contributed by atoms with E-state index in [2.05, 4.69) is 32.1 Å². The van der Waals surface area contributed by atoms with Crippen LogP contribution in [-0.4, -0.2) is 34.5 Å². The molecule has 0 N–H and O–H groups in total. The van der Waals surface area contributed by atoms with Gasteiger partial charge >= 0.3 is 0 Å². The van der Waals surface area contributed by atoms with Gasteiger partial charge in [0.05, 0.1) is 22.1 Å². The Kier molecular flexibility index (Phi) is 7.25. The minimum Gasteiger partial charge on any atom is -0.457 e. The first-order chi connectivity index (χ1) is 26.2. The molecule has 9 nitrogen and oxygen atoms in total. The average molecular weight is 686 g/mol. The van der Waals surface area contributed by atoms with Crippen LogP contribution in [0.3, 0.4) is 0 Å². The summed E-state index contributed by atoms with van der Waals surface area (Å²) >= 11 is 0. The van der Waals surface area contributed by atoms with Crippen LogP contribution in [0.2, 0.25) is 0 Å². The number of hydrogen-bond donors (Lipinski definition) is 0. The fourth-order valence-electron chi connectivity index (χ4n) is 6.62. The van der Waals surface area contributed by atoms with Gasteiger partial charge in [-0.05, 0) is 66.7 Å². The van der Waals surface area contributed by atoms with E-state index in [0.717, 1.165) is 54.7 Å². The van der Waals surface area contributed by atoms with E-state index >= 15 is 0 Å². The van der Waals surface area contributed by atoms with Crippen molar-refractivity contribution in [1.29, 1.82) is 0 Å². The highest BCUT2D eigenvalue weighted by Gasteiger charge is 2.17. The lowest BCUT2D eigenvalue weighted by Gasteiger charge is -2.10. The molecule has 10 aromatic rings. The van der Waals surface area contributed by atoms with Crippen molar-refractivity contribution in [2.75, 3.05) is 0 Å². The van der Waals surface area contributed by atoms with Crippen molar-refractivity contribution in [3.63, 3.8) is 0 Å². The molecule has 4 heterocycles. The zero-order valence-corrected chi connectivity index (χ0v) is 28.0. The second-order valence-corrected chi connectivity index (χ2v) is 12.5. The van der Waals surface area contributed by atoms with Gasteiger partial charge in [0.15, 0.2) is 11.6 Å². The molecule has 0 aliphatic rings. The van der Waals surface area contributed by atoms with Crippen molar-refractivity contribution < 1.29 is 9.47 Å². The molecule has 9 heteroatoms. The van der Waals surface area contributed by atoms with Gasteiger partial charge < -0.3 is 9.47 Å². The molecule has 0 spiro atoms. The highest BCUT2D eigenvalue weighted by molar-refractivity contribution is 6.09. The van der Waals surface area contributed by atoms with E-state index in [4.69, 9.17) is 19.4 Å². The van der Waals surface area contributed by atoms with Crippen LogP contribution in [0.15, 0.2) is 164 Å². The number of fused-ring (bicyclic) bond motifs is 5. The van der Waals surface area contributed by atoms with Gasteiger partial charge in [-0.3, -0.25) is 4.57 Å². The Morgan fingerprint density at radius 3 is 1.43 bits per heavy atom. The van der Waals surface area contributed by atoms with E-state index in [0.29, 0.717) is 40.6 Å². The third kappa shape index (κ3) is 5.72. The van der Waals surface area contributed by atoms with Gasteiger partial charge in [0.25, 0.3) is 0 Å². The molecule has 0 amide bonds. The van der Waals surface area contributed by atoms with E-state index in [1.54, 1.807) is 18.5 Å². The molecule has 0 fully saturated rings. The average Bonchev–Trinajstić information content (AvgIpc) is 3.53. The van der Waals surface area contributed by atoms with Crippen LogP contribution in [0, 0.1) is 0 Å². The summed E-state index contributed by atoms with van der Waals surface area (Å²) in [5, 5.41) is 4.05. The van der Waals surface area contributed by atoms with E-state index in [9.17, 15) is 0 Å². The molecule has 4 aromatic heterocycles. The standard InChI is InChI=1S/C44H27N7O2/c1-3-14-38-30(8-1)26-47-42(49-38)28-10-5-12-32(22-28)52-34-16-18-36-37-19-17-35(25-41(37)51(40(36)24-34)44-45-20-7-21-46-44)53-33-13-6-11-29(23-33)43-48-27-31-9-2-4-15-39(31)50-43/h1-27H. The molecule has 0 atom stereocenters. The largest absolute Gasteiger partial charge is 0.457 e. The van der Waals surface area contributed by atoms with E-state index in [1.807, 2.05) is 138 Å². The summed E-state index contributed by atoms with van der Waals surface area (Å²) in [6.07, 6.45) is 7.17. The molecule has 0 bridgehead atoms. The van der Waals surface area contributed by atoms with Crippen molar-refractivity contribution >= 4 is 43.6 Å². The minimum absolute atomic E-state index is 0.535. The Morgan fingerprint density at radius 1 is 0.415 bits per heavy atom. The molecule has 250 valence electrons. The predicted octanol–water partition coefficient (Wildman–Crippen LogP) is 10.4. The Hall–Kier alpha value is -7.52. The van der Waals surface area contributed by atoms with Gasteiger partial charge in [-0.2, -0.15) is 0 Å². The van der Waals surface area contributed by atoms with Crippen molar-refractivity contribution in [2.45, 2.75) is 0 Å². The Labute approximate surface area is 302 Å². The number of benzene rings is 6. The number of hydrogen-bond acceptors (Lipinski definition) is 8. The van der Waals surface area contributed by atoms with Crippen LogP contribution in [0.4, 0.5) is 0 Å². The maximum Gasteiger partial charge on any atom is 0.234 e. The highest BCUT2D eigenvalue weighted by Crippen LogP contribution is 2.38. The summed E-state index contributed by atoms with van der Waals surface area (Å²) in [5.41, 5.74) is 5.30. The molecule has 53 heavy (non-hydrogen) atoms. The van der Waals surface area contributed by atoms with Gasteiger partial charge in [-0.1, -0.05) is 60.7 Å². The van der Waals surface area contributed by atoms with Gasteiger partial charge in [-0.15, -0.1) is 0 Å². The van der Waals surface area contributed by atoms with Gasteiger partial charge in [-0.25, -0.2) is 29.9 Å². The first-order valence-electron chi connectivity index (χ1n) is 17.1. The second kappa shape index (κ2) is 12.7. The fraction of sp³-hybridized carbons (Fsp3) is 0. The SMILES string of the molecule is c1cnc(-n2c3cc(Oc4cccc(-c5ncc6ccccc6n5)c4)ccc3c3ccc(Oc4cccc(-c5ncc6ccccc6n5)c4)cc32)nc1. The van der Waals surface area contributed by atoms with Crippen LogP contribution in [0.25, 0.3) is 72.3 Å². The topological polar surface area (TPSA) is 101 Å². The summed E-state index contributed by atoms with van der Waals surface area (Å²) in [4.78, 5) is 28.0. The molecular formula is C44H27N7O2. The molecule has 0 unspecified atom stereocenters. The number of para-hydroxylation sites is 2. The lowest BCUT2D eigenvalue weighted by Crippen LogP contribution is -2.00. The minimum atomic E-state index is 0.535. The fourth-order valence-corrected chi connectivity index (χ4v) is 6.62. The molecule has 0 saturated heterocycles. The molecule has 6 aromatic carbocycles. The number of ether oxygens (including phenoxy) is 2. The number of nitrogens with zero attached hydrogens (tertiary/aromatic N) is 7. The zero-order valence-electron chi connectivity index (χ0n) is 28.0. The number of rotatable bonds is 7. The molecule has 10 rings (SSSR count). The van der Waals surface area contributed by atoms with E-state index in [-0.39, 0.29) is 0 Å². The second-order valence-electron chi connectivity index (χ2n) is 12.5. The summed E-state index contributed by atoms with van der Waals surface area (Å²) in [5.74, 6) is 4.48. The molecule has 0 saturated carbocycles. The van der Waals surface area contributed by atoms with Crippen LogP contribution in [-0.2, 0) is 0 Å². The Morgan fingerprint density at radius 2 is 0.906 bits per heavy atom. The molecular weight excluding hydrogens is 659 g/mol. The highest BCUT2D eigenvalue weighted by atomic mass is 16.5. The first kappa shape index (κ1) is 30.3. The van der Waals surface area contributed by atoms with Gasteiger partial charge in [0.2, 0.25) is 5.95 Å². The van der Waals surface area contributed by atoms with Gasteiger partial charge in [0.1, 0.15) is 23.0 Å². The maximum absolute atomic E-state index is 6.45. The van der Waals surface area contributed by atoms with Crippen molar-refractivity contribution in [3.8, 4) is 51.7 Å². The van der Waals surface area contributed by atoms with Crippen LogP contribution < -0.4 is 9.47 Å². The van der Waals surface area contributed by atoms with E-state index < -0.39 is 0 Å². The summed E-state index contributed by atoms with van der Waals surface area (Å²) in [6, 6.07) is 45.4. The smallest absolute Gasteiger partial charge is 0.234 e. The lowest BCUT2D eigenvalue weighted by molar-refractivity contribution is 0.483. The zero-order chi connectivity index (χ0) is 35.1. The molecule has 0 radical (unpaired) electrons. The normalized spacial score (nSPS) is 11.4. The predicted molar refractivity (Wildman–Crippen MR) is 206 cm³/mol. The first-order valence-corrected chi connectivity index (χ1v) is 17.1. The molecule has 0 aliphatic carbocycles. The summed E-state index contributed by atoms with van der Waals surface area (Å²) in [6.45, 7) is 0. The quantitative estimate of drug-likeness (QED) is 0.163. The maximum atomic E-state index is 6.45. The summed E-state index contributed by atoms with van der Waals surface area (Å²) < 4.78 is 14.9. The van der Waals surface area contributed by atoms with Crippen LogP contribution >= 0.6 is 0 Å². The van der Waals surface area contributed by atoms with Gasteiger partial charge in [0, 0.05) is 69.6 Å². The summed E-state index contributed by atoms with van der Waals surface area (Å²) in [7, 11) is 0. The monoisotopic (exact) mass is 685 g/mol. The van der Waals surface area contributed by atoms with Crippen molar-refractivity contribution in [3.05, 3.63) is 164 Å². The van der Waals surface area contributed by atoms with Crippen LogP contribution in [0.1, 0.15) is 0 Å². The number of aromatic nitrogens is 7.